The Morgan fingerprint density at radius 3 is 2.43 bits per heavy atom. The summed E-state index contributed by atoms with van der Waals surface area (Å²) in [6.45, 7) is 2.51. The Morgan fingerprint density at radius 1 is 1.03 bits per heavy atom. The molecule has 4 rings (SSSR count). The second-order valence-corrected chi connectivity index (χ2v) is 9.07. The molecule has 30 heavy (non-hydrogen) atoms. The molecular formula is C23H23N3O3S. The molecule has 0 radical (unpaired) electrons. The van der Waals surface area contributed by atoms with Crippen LogP contribution in [0.3, 0.4) is 0 Å². The molecule has 0 aliphatic carbocycles. The van der Waals surface area contributed by atoms with Crippen LogP contribution in [-0.4, -0.2) is 30.8 Å². The number of pyridine rings is 1. The lowest BCUT2D eigenvalue weighted by atomic mass is 10.0. The number of carbonyl (C=O) groups is 1. The van der Waals surface area contributed by atoms with E-state index in [1.165, 1.54) is 12.3 Å². The van der Waals surface area contributed by atoms with Crippen molar-refractivity contribution in [3.05, 3.63) is 89.7 Å². The number of nitrogens with one attached hydrogen (secondary N) is 1. The maximum absolute atomic E-state index is 13.1. The Hall–Kier alpha value is -3.19. The summed E-state index contributed by atoms with van der Waals surface area (Å²) in [7, 11) is -3.73. The Balaban J connectivity index is 1.49. The number of anilines is 1. The smallest absolute Gasteiger partial charge is 0.263 e. The van der Waals surface area contributed by atoms with Crippen LogP contribution in [0.15, 0.2) is 77.8 Å². The van der Waals surface area contributed by atoms with Crippen molar-refractivity contribution in [3.8, 4) is 0 Å². The first-order valence-electron chi connectivity index (χ1n) is 9.85. The third-order valence-corrected chi connectivity index (χ3v) is 6.64. The standard InChI is InChI=1S/C23H23N3O3S/c1-17-9-14-21(16-24-17)30(28,29)25-20-12-10-19(11-13-20)23(27)26-15-5-8-22(26)18-6-3-2-4-7-18/h2-4,6-7,9-14,16,22,25H,5,8,15H2,1H3. The van der Waals surface area contributed by atoms with E-state index in [1.54, 1.807) is 37.3 Å². The van der Waals surface area contributed by atoms with Gasteiger partial charge < -0.3 is 4.90 Å². The average Bonchev–Trinajstić information content (AvgIpc) is 3.24. The van der Waals surface area contributed by atoms with Crippen molar-refractivity contribution in [1.29, 1.82) is 0 Å². The van der Waals surface area contributed by atoms with Crippen molar-refractivity contribution in [3.63, 3.8) is 0 Å². The number of sulfonamides is 1. The van der Waals surface area contributed by atoms with Crippen molar-refractivity contribution < 1.29 is 13.2 Å². The maximum atomic E-state index is 13.1. The van der Waals surface area contributed by atoms with Gasteiger partial charge in [0.25, 0.3) is 15.9 Å². The maximum Gasteiger partial charge on any atom is 0.263 e. The van der Waals surface area contributed by atoms with Gasteiger partial charge in [-0.2, -0.15) is 0 Å². The Labute approximate surface area is 176 Å². The minimum absolute atomic E-state index is 0.0431. The van der Waals surface area contributed by atoms with Gasteiger partial charge in [0, 0.05) is 29.7 Å². The van der Waals surface area contributed by atoms with E-state index in [-0.39, 0.29) is 16.8 Å². The molecule has 6 nitrogen and oxygen atoms in total. The van der Waals surface area contributed by atoms with Crippen molar-refractivity contribution in [2.75, 3.05) is 11.3 Å². The van der Waals surface area contributed by atoms with E-state index in [0.29, 0.717) is 17.8 Å². The van der Waals surface area contributed by atoms with Gasteiger partial charge in [0.1, 0.15) is 4.90 Å². The molecule has 2 heterocycles. The number of likely N-dealkylation sites (tertiary alicyclic amines) is 1. The molecule has 1 unspecified atom stereocenters. The Kier molecular flexibility index (Phi) is 5.55. The van der Waals surface area contributed by atoms with Gasteiger partial charge >= 0.3 is 0 Å². The van der Waals surface area contributed by atoms with Crippen molar-refractivity contribution in [1.82, 2.24) is 9.88 Å². The van der Waals surface area contributed by atoms with Gasteiger partial charge in [0.05, 0.1) is 6.04 Å². The minimum atomic E-state index is -3.73. The zero-order valence-corrected chi connectivity index (χ0v) is 17.5. The molecule has 1 aromatic heterocycles. The molecule has 1 aliphatic heterocycles. The molecular weight excluding hydrogens is 398 g/mol. The number of amides is 1. The van der Waals surface area contributed by atoms with Gasteiger partial charge in [0.2, 0.25) is 0 Å². The average molecular weight is 422 g/mol. The van der Waals surface area contributed by atoms with Crippen LogP contribution in [-0.2, 0) is 10.0 Å². The monoisotopic (exact) mass is 421 g/mol. The molecule has 2 aromatic carbocycles. The summed E-state index contributed by atoms with van der Waals surface area (Å²) in [4.78, 5) is 19.1. The highest BCUT2D eigenvalue weighted by Gasteiger charge is 2.30. The molecule has 1 fully saturated rings. The third kappa shape index (κ3) is 4.21. The molecule has 154 valence electrons. The second kappa shape index (κ2) is 8.28. The first-order chi connectivity index (χ1) is 14.4. The third-order valence-electron chi connectivity index (χ3n) is 5.28. The molecule has 1 atom stereocenters. The van der Waals surface area contributed by atoms with E-state index in [2.05, 4.69) is 9.71 Å². The summed E-state index contributed by atoms with van der Waals surface area (Å²) in [5.41, 5.74) is 2.82. The Morgan fingerprint density at radius 2 is 1.77 bits per heavy atom. The molecule has 3 aromatic rings. The summed E-state index contributed by atoms with van der Waals surface area (Å²) in [5.74, 6) is -0.0431. The molecule has 1 saturated heterocycles. The zero-order valence-electron chi connectivity index (χ0n) is 16.7. The first kappa shape index (κ1) is 20.1. The van der Waals surface area contributed by atoms with Crippen LogP contribution >= 0.6 is 0 Å². The van der Waals surface area contributed by atoms with E-state index in [0.717, 1.165) is 24.1 Å². The van der Waals surface area contributed by atoms with Gasteiger partial charge in [-0.25, -0.2) is 8.42 Å². The van der Waals surface area contributed by atoms with E-state index in [9.17, 15) is 13.2 Å². The van der Waals surface area contributed by atoms with Crippen molar-refractivity contribution >= 4 is 21.6 Å². The van der Waals surface area contributed by atoms with E-state index >= 15 is 0 Å². The predicted molar refractivity (Wildman–Crippen MR) is 116 cm³/mol. The van der Waals surface area contributed by atoms with Crippen LogP contribution in [0.5, 0.6) is 0 Å². The lowest BCUT2D eigenvalue weighted by molar-refractivity contribution is 0.0735. The minimum Gasteiger partial charge on any atom is -0.332 e. The van der Waals surface area contributed by atoms with Crippen LogP contribution < -0.4 is 4.72 Å². The fourth-order valence-electron chi connectivity index (χ4n) is 3.71. The normalized spacial score (nSPS) is 16.4. The van der Waals surface area contributed by atoms with Crippen LogP contribution in [0.1, 0.15) is 40.5 Å². The van der Waals surface area contributed by atoms with Crippen LogP contribution in [0.2, 0.25) is 0 Å². The van der Waals surface area contributed by atoms with E-state index in [1.807, 2.05) is 35.2 Å². The topological polar surface area (TPSA) is 79.4 Å². The van der Waals surface area contributed by atoms with Gasteiger partial charge in [0.15, 0.2) is 0 Å². The zero-order chi connectivity index (χ0) is 21.1. The predicted octanol–water partition coefficient (Wildman–Crippen LogP) is 4.17. The lowest BCUT2D eigenvalue weighted by Gasteiger charge is -2.25. The van der Waals surface area contributed by atoms with Gasteiger partial charge in [-0.1, -0.05) is 30.3 Å². The Bertz CT molecular complexity index is 1130. The SMILES string of the molecule is Cc1ccc(S(=O)(=O)Nc2ccc(C(=O)N3CCCC3c3ccccc3)cc2)cn1. The highest BCUT2D eigenvalue weighted by molar-refractivity contribution is 7.92. The fraction of sp³-hybridized carbons (Fsp3) is 0.217. The number of hydrogen-bond donors (Lipinski definition) is 1. The summed E-state index contributed by atoms with van der Waals surface area (Å²) in [6.07, 6.45) is 3.23. The van der Waals surface area contributed by atoms with Crippen molar-refractivity contribution in [2.24, 2.45) is 0 Å². The molecule has 1 N–H and O–H groups in total. The van der Waals surface area contributed by atoms with Crippen molar-refractivity contribution in [2.45, 2.75) is 30.7 Å². The number of rotatable bonds is 5. The number of benzene rings is 2. The van der Waals surface area contributed by atoms with Crippen LogP contribution in [0, 0.1) is 6.92 Å². The summed E-state index contributed by atoms with van der Waals surface area (Å²) >= 11 is 0. The number of hydrogen-bond acceptors (Lipinski definition) is 4. The number of aryl methyl sites for hydroxylation is 1. The summed E-state index contributed by atoms with van der Waals surface area (Å²) in [6, 6.07) is 19.8. The first-order valence-corrected chi connectivity index (χ1v) is 11.3. The van der Waals surface area contributed by atoms with Gasteiger partial charge in [-0.05, 0) is 61.7 Å². The van der Waals surface area contributed by atoms with Gasteiger partial charge in [-0.3, -0.25) is 14.5 Å². The van der Waals surface area contributed by atoms with Gasteiger partial charge in [-0.15, -0.1) is 0 Å². The summed E-state index contributed by atoms with van der Waals surface area (Å²) in [5, 5.41) is 0. The molecule has 0 bridgehead atoms. The second-order valence-electron chi connectivity index (χ2n) is 7.39. The van der Waals surface area contributed by atoms with E-state index < -0.39 is 10.0 Å². The summed E-state index contributed by atoms with van der Waals surface area (Å²) < 4.78 is 27.6. The van der Waals surface area contributed by atoms with E-state index in [4.69, 9.17) is 0 Å². The number of carbonyl (C=O) groups excluding carboxylic acids is 1. The van der Waals surface area contributed by atoms with Crippen LogP contribution in [0.25, 0.3) is 0 Å². The number of nitrogens with zero attached hydrogens (tertiary/aromatic N) is 2. The molecule has 1 aliphatic rings. The highest BCUT2D eigenvalue weighted by Crippen LogP contribution is 2.33. The highest BCUT2D eigenvalue weighted by atomic mass is 32.2. The molecule has 1 amide bonds. The molecule has 0 spiro atoms. The number of aromatic nitrogens is 1. The van der Waals surface area contributed by atoms with Crippen LogP contribution in [0.4, 0.5) is 5.69 Å². The largest absolute Gasteiger partial charge is 0.332 e. The quantitative estimate of drug-likeness (QED) is 0.671. The lowest BCUT2D eigenvalue weighted by Crippen LogP contribution is -2.30. The molecule has 0 saturated carbocycles. The molecule has 7 heteroatoms. The fourth-order valence-corrected chi connectivity index (χ4v) is 4.71.